The first-order chi connectivity index (χ1) is 11.7. The summed E-state index contributed by atoms with van der Waals surface area (Å²) in [6.07, 6.45) is -4.37. The minimum absolute atomic E-state index is 0.0988. The summed E-state index contributed by atoms with van der Waals surface area (Å²) in [5, 5.41) is 2.52. The van der Waals surface area contributed by atoms with Gasteiger partial charge in [0.15, 0.2) is 6.04 Å². The van der Waals surface area contributed by atoms with Crippen molar-refractivity contribution in [2.45, 2.75) is 25.7 Å². The molecule has 0 spiro atoms. The maximum atomic E-state index is 13.6. The van der Waals surface area contributed by atoms with Crippen molar-refractivity contribution >= 4 is 11.6 Å². The fourth-order valence-electron chi connectivity index (χ4n) is 2.31. The average Bonchev–Trinajstić information content (AvgIpc) is 2.55. The van der Waals surface area contributed by atoms with Gasteiger partial charge in [-0.25, -0.2) is 4.39 Å². The lowest BCUT2D eigenvalue weighted by molar-refractivity contribution is -0.907. The molecule has 0 aromatic heterocycles. The summed E-state index contributed by atoms with van der Waals surface area (Å²) in [5.41, 5.74) is 0.0666. The highest BCUT2D eigenvalue weighted by Crippen LogP contribution is 2.28. The molecule has 25 heavy (non-hydrogen) atoms. The third-order valence-corrected chi connectivity index (χ3v) is 4.03. The second-order valence-electron chi connectivity index (χ2n) is 5.91. The first kappa shape index (κ1) is 18.9. The van der Waals surface area contributed by atoms with Crippen molar-refractivity contribution in [3.8, 4) is 0 Å². The van der Waals surface area contributed by atoms with Crippen LogP contribution in [0.1, 0.15) is 18.1 Å². The van der Waals surface area contributed by atoms with Crippen molar-refractivity contribution in [3.05, 3.63) is 65.5 Å². The van der Waals surface area contributed by atoms with Crippen LogP contribution in [0.2, 0.25) is 0 Å². The van der Waals surface area contributed by atoms with Gasteiger partial charge in [0, 0.05) is 5.56 Å². The van der Waals surface area contributed by atoms with Gasteiger partial charge < -0.3 is 10.2 Å². The van der Waals surface area contributed by atoms with Crippen LogP contribution in [-0.4, -0.2) is 19.0 Å². The van der Waals surface area contributed by atoms with Crippen LogP contribution in [0.25, 0.3) is 0 Å². The normalized spacial score (nSPS) is 14.0. The quantitative estimate of drug-likeness (QED) is 0.795. The number of quaternary nitrogens is 1. The summed E-state index contributed by atoms with van der Waals surface area (Å²) in [5.74, 6) is -0.891. The van der Waals surface area contributed by atoms with E-state index in [1.165, 1.54) is 30.3 Å². The molecule has 2 rings (SSSR count). The molecule has 2 aromatic carbocycles. The van der Waals surface area contributed by atoms with E-state index < -0.39 is 23.6 Å². The van der Waals surface area contributed by atoms with Gasteiger partial charge in [-0.05, 0) is 31.2 Å². The molecule has 2 N–H and O–H groups in total. The molecule has 1 amide bonds. The standard InChI is InChI=1S/C18H18F4N2O/c1-12(17(25)23-16-6-4-3-5-15(16)19)24(2)11-13-7-9-14(10-8-13)18(20,21)22/h3-10,12H,11H2,1-2H3,(H,23,25)/p+1/t12-/m0/s1. The van der Waals surface area contributed by atoms with Gasteiger partial charge in [0.1, 0.15) is 12.4 Å². The molecule has 2 atom stereocenters. The van der Waals surface area contributed by atoms with Gasteiger partial charge in [-0.1, -0.05) is 24.3 Å². The second-order valence-corrected chi connectivity index (χ2v) is 5.91. The molecule has 0 heterocycles. The Morgan fingerprint density at radius 3 is 2.28 bits per heavy atom. The third kappa shape index (κ3) is 5.03. The van der Waals surface area contributed by atoms with E-state index in [2.05, 4.69) is 5.32 Å². The van der Waals surface area contributed by atoms with Crippen LogP contribution in [0.3, 0.4) is 0 Å². The largest absolute Gasteiger partial charge is 0.416 e. The van der Waals surface area contributed by atoms with Gasteiger partial charge in [-0.2, -0.15) is 13.2 Å². The van der Waals surface area contributed by atoms with E-state index in [0.717, 1.165) is 17.0 Å². The van der Waals surface area contributed by atoms with Gasteiger partial charge in [0.2, 0.25) is 0 Å². The van der Waals surface area contributed by atoms with Crippen LogP contribution in [0.5, 0.6) is 0 Å². The predicted molar refractivity (Wildman–Crippen MR) is 86.5 cm³/mol. The van der Waals surface area contributed by atoms with Crippen LogP contribution >= 0.6 is 0 Å². The maximum Gasteiger partial charge on any atom is 0.416 e. The van der Waals surface area contributed by atoms with E-state index in [4.69, 9.17) is 0 Å². The first-order valence-corrected chi connectivity index (χ1v) is 7.72. The average molecular weight is 355 g/mol. The van der Waals surface area contributed by atoms with Crippen molar-refractivity contribution in [3.63, 3.8) is 0 Å². The van der Waals surface area contributed by atoms with E-state index in [1.54, 1.807) is 20.0 Å². The highest BCUT2D eigenvalue weighted by atomic mass is 19.4. The third-order valence-electron chi connectivity index (χ3n) is 4.03. The number of para-hydroxylation sites is 1. The number of hydrogen-bond donors (Lipinski definition) is 2. The van der Waals surface area contributed by atoms with Crippen molar-refractivity contribution in [1.29, 1.82) is 0 Å². The summed E-state index contributed by atoms with van der Waals surface area (Å²) in [6.45, 7) is 2.04. The van der Waals surface area contributed by atoms with Gasteiger partial charge in [-0.3, -0.25) is 4.79 Å². The number of amides is 1. The molecule has 0 fully saturated rings. The summed E-state index contributed by atoms with van der Waals surface area (Å²) >= 11 is 0. The Kier molecular flexibility index (Phi) is 5.79. The zero-order valence-corrected chi connectivity index (χ0v) is 13.8. The van der Waals surface area contributed by atoms with Crippen LogP contribution in [0.4, 0.5) is 23.2 Å². The van der Waals surface area contributed by atoms with Crippen LogP contribution < -0.4 is 10.2 Å². The van der Waals surface area contributed by atoms with E-state index in [-0.39, 0.29) is 11.6 Å². The van der Waals surface area contributed by atoms with E-state index >= 15 is 0 Å². The Hall–Kier alpha value is -2.41. The topological polar surface area (TPSA) is 33.5 Å². The summed E-state index contributed by atoms with van der Waals surface area (Å²) in [7, 11) is 1.75. The van der Waals surface area contributed by atoms with Crippen molar-refractivity contribution in [2.75, 3.05) is 12.4 Å². The molecule has 7 heteroatoms. The summed E-state index contributed by atoms with van der Waals surface area (Å²) in [4.78, 5) is 13.0. The Morgan fingerprint density at radius 2 is 1.72 bits per heavy atom. The van der Waals surface area contributed by atoms with Gasteiger partial charge in [0.25, 0.3) is 5.91 Å². The molecule has 1 unspecified atom stereocenters. The number of anilines is 1. The lowest BCUT2D eigenvalue weighted by Crippen LogP contribution is -3.12. The lowest BCUT2D eigenvalue weighted by Gasteiger charge is -2.21. The van der Waals surface area contributed by atoms with E-state index in [0.29, 0.717) is 12.1 Å². The monoisotopic (exact) mass is 355 g/mol. The molecule has 134 valence electrons. The molecular formula is C18H19F4N2O+. The zero-order chi connectivity index (χ0) is 18.6. The fraction of sp³-hybridized carbons (Fsp3) is 0.278. The second kappa shape index (κ2) is 7.65. The molecule has 0 saturated heterocycles. The lowest BCUT2D eigenvalue weighted by atomic mass is 10.1. The number of nitrogens with one attached hydrogen (secondary N) is 2. The zero-order valence-electron chi connectivity index (χ0n) is 13.8. The van der Waals surface area contributed by atoms with Crippen molar-refractivity contribution < 1.29 is 27.3 Å². The Balaban J connectivity index is 1.98. The van der Waals surface area contributed by atoms with Crippen LogP contribution in [0, 0.1) is 5.82 Å². The van der Waals surface area contributed by atoms with Gasteiger partial charge in [-0.15, -0.1) is 0 Å². The fourth-order valence-corrected chi connectivity index (χ4v) is 2.31. The SMILES string of the molecule is C[C@@H](C(=O)Nc1ccccc1F)[NH+](C)Cc1ccc(C(F)(F)F)cc1. The molecule has 0 radical (unpaired) electrons. The smallest absolute Gasteiger partial charge is 0.324 e. The number of hydrogen-bond acceptors (Lipinski definition) is 1. The maximum absolute atomic E-state index is 13.6. The molecule has 0 bridgehead atoms. The number of carbonyl (C=O) groups is 1. The predicted octanol–water partition coefficient (Wildman–Crippen LogP) is 2.89. The van der Waals surface area contributed by atoms with Gasteiger partial charge in [0.05, 0.1) is 18.3 Å². The van der Waals surface area contributed by atoms with Crippen LogP contribution in [0.15, 0.2) is 48.5 Å². The number of rotatable bonds is 5. The summed E-state index contributed by atoms with van der Waals surface area (Å²) in [6, 6.07) is 10.2. The van der Waals surface area contributed by atoms with Crippen molar-refractivity contribution in [2.24, 2.45) is 0 Å². The van der Waals surface area contributed by atoms with Gasteiger partial charge >= 0.3 is 6.18 Å². The molecule has 0 aliphatic carbocycles. The van der Waals surface area contributed by atoms with Crippen molar-refractivity contribution in [1.82, 2.24) is 0 Å². The number of carbonyl (C=O) groups excluding carboxylic acids is 1. The Morgan fingerprint density at radius 1 is 1.12 bits per heavy atom. The number of benzene rings is 2. The summed E-state index contributed by atoms with van der Waals surface area (Å²) < 4.78 is 51.3. The highest BCUT2D eigenvalue weighted by Gasteiger charge is 2.30. The van der Waals surface area contributed by atoms with E-state index in [9.17, 15) is 22.4 Å². The Bertz CT molecular complexity index is 729. The number of likely N-dealkylation sites (N-methyl/N-ethyl adjacent to an activating group) is 1. The first-order valence-electron chi connectivity index (χ1n) is 7.72. The van der Waals surface area contributed by atoms with Crippen LogP contribution in [-0.2, 0) is 17.5 Å². The number of alkyl halides is 3. The minimum Gasteiger partial charge on any atom is -0.324 e. The molecule has 0 aliphatic rings. The Labute approximate surface area is 143 Å². The molecule has 3 nitrogen and oxygen atoms in total. The molecule has 2 aromatic rings. The molecule has 0 aliphatic heterocycles. The molecular weight excluding hydrogens is 336 g/mol. The van der Waals surface area contributed by atoms with E-state index in [1.807, 2.05) is 0 Å². The number of halogens is 4. The molecule has 0 saturated carbocycles. The highest BCUT2D eigenvalue weighted by molar-refractivity contribution is 5.93. The minimum atomic E-state index is -4.37.